The molecular formula is C25H28N4O2. The summed E-state index contributed by atoms with van der Waals surface area (Å²) in [5, 5.41) is 4.70. The highest BCUT2D eigenvalue weighted by atomic mass is 16.5. The summed E-state index contributed by atoms with van der Waals surface area (Å²) in [4.78, 5) is 17.0. The molecule has 1 aliphatic heterocycles. The third-order valence-corrected chi connectivity index (χ3v) is 5.81. The number of fused-ring (bicyclic) bond motifs is 3. The van der Waals surface area contributed by atoms with Crippen molar-refractivity contribution in [3.05, 3.63) is 87.7 Å². The van der Waals surface area contributed by atoms with Gasteiger partial charge >= 0.3 is 0 Å². The van der Waals surface area contributed by atoms with Gasteiger partial charge in [0.25, 0.3) is 5.56 Å². The first-order valence-electron chi connectivity index (χ1n) is 10.2. The van der Waals surface area contributed by atoms with Crippen molar-refractivity contribution in [3.63, 3.8) is 0 Å². The van der Waals surface area contributed by atoms with E-state index in [1.807, 2.05) is 31.2 Å². The number of nitrogens with zero attached hydrogens (tertiary/aromatic N) is 3. The molecule has 4 heterocycles. The topological polar surface area (TPSA) is 61.1 Å². The van der Waals surface area contributed by atoms with E-state index < -0.39 is 0 Å². The summed E-state index contributed by atoms with van der Waals surface area (Å²) >= 11 is 0. The molecule has 6 nitrogen and oxygen atoms in total. The standard InChI is InChI=1S/C24H24N4O2.CH4/c1-16-3-4-17(13-26-16)15-30-19-8-10-28(24(29)12-19)18-5-6-20-21-14-25-9-7-22(21)27(2)23(20)11-18;/h3-6,8,10-13,25H,7,9,14-15H2,1-2H3;1H4. The number of pyridine rings is 2. The molecular weight excluding hydrogens is 388 g/mol. The van der Waals surface area contributed by atoms with Gasteiger partial charge < -0.3 is 14.6 Å². The molecule has 0 saturated heterocycles. The maximum Gasteiger partial charge on any atom is 0.258 e. The maximum absolute atomic E-state index is 12.8. The molecule has 0 aliphatic carbocycles. The van der Waals surface area contributed by atoms with E-state index in [-0.39, 0.29) is 13.0 Å². The average molecular weight is 417 g/mol. The molecule has 0 spiro atoms. The monoisotopic (exact) mass is 416 g/mol. The molecule has 0 saturated carbocycles. The number of hydrogen-bond donors (Lipinski definition) is 1. The van der Waals surface area contributed by atoms with Gasteiger partial charge in [0.05, 0.1) is 11.2 Å². The van der Waals surface area contributed by atoms with Gasteiger partial charge in [0, 0.05) is 67.4 Å². The predicted octanol–water partition coefficient (Wildman–Crippen LogP) is 3.89. The van der Waals surface area contributed by atoms with Gasteiger partial charge in [-0.15, -0.1) is 0 Å². The normalized spacial score (nSPS) is 13.0. The van der Waals surface area contributed by atoms with Crippen LogP contribution in [0.2, 0.25) is 0 Å². The smallest absolute Gasteiger partial charge is 0.258 e. The van der Waals surface area contributed by atoms with Crippen LogP contribution in [0.25, 0.3) is 16.6 Å². The van der Waals surface area contributed by atoms with Crippen LogP contribution >= 0.6 is 0 Å². The van der Waals surface area contributed by atoms with E-state index in [2.05, 4.69) is 34.0 Å². The van der Waals surface area contributed by atoms with Crippen molar-refractivity contribution in [2.45, 2.75) is 33.9 Å². The molecule has 0 radical (unpaired) electrons. The number of nitrogens with one attached hydrogen (secondary N) is 1. The summed E-state index contributed by atoms with van der Waals surface area (Å²) in [5.41, 5.74) is 6.57. The van der Waals surface area contributed by atoms with Crippen LogP contribution in [0.5, 0.6) is 5.75 Å². The highest BCUT2D eigenvalue weighted by Crippen LogP contribution is 2.29. The van der Waals surface area contributed by atoms with Crippen LogP contribution in [0.1, 0.15) is 29.9 Å². The number of hydrogen-bond acceptors (Lipinski definition) is 4. The lowest BCUT2D eigenvalue weighted by molar-refractivity contribution is 0.304. The molecule has 0 atom stereocenters. The van der Waals surface area contributed by atoms with Gasteiger partial charge in [0.15, 0.2) is 0 Å². The van der Waals surface area contributed by atoms with Crippen LogP contribution in [0.3, 0.4) is 0 Å². The van der Waals surface area contributed by atoms with Crippen LogP contribution in [0.15, 0.2) is 59.7 Å². The van der Waals surface area contributed by atoms with Crippen molar-refractivity contribution in [2.75, 3.05) is 6.54 Å². The Morgan fingerprint density at radius 3 is 2.81 bits per heavy atom. The summed E-state index contributed by atoms with van der Waals surface area (Å²) < 4.78 is 9.70. The minimum atomic E-state index is -0.116. The Hall–Kier alpha value is -3.38. The predicted molar refractivity (Wildman–Crippen MR) is 124 cm³/mol. The second kappa shape index (κ2) is 8.40. The van der Waals surface area contributed by atoms with E-state index in [0.717, 1.165) is 42.0 Å². The van der Waals surface area contributed by atoms with Crippen molar-refractivity contribution in [1.82, 2.24) is 19.4 Å². The zero-order chi connectivity index (χ0) is 20.7. The molecule has 0 bridgehead atoms. The molecule has 31 heavy (non-hydrogen) atoms. The molecule has 1 aromatic carbocycles. The van der Waals surface area contributed by atoms with Crippen molar-refractivity contribution in [1.29, 1.82) is 0 Å². The lowest BCUT2D eigenvalue weighted by atomic mass is 10.1. The van der Waals surface area contributed by atoms with E-state index in [9.17, 15) is 4.79 Å². The second-order valence-corrected chi connectivity index (χ2v) is 7.78. The quantitative estimate of drug-likeness (QED) is 0.548. The molecule has 1 aliphatic rings. The van der Waals surface area contributed by atoms with Gasteiger partial charge in [-0.05, 0) is 36.8 Å². The van der Waals surface area contributed by atoms with Gasteiger partial charge in [0.1, 0.15) is 12.4 Å². The first-order chi connectivity index (χ1) is 14.6. The number of aromatic nitrogens is 3. The highest BCUT2D eigenvalue weighted by Gasteiger charge is 2.18. The summed E-state index contributed by atoms with van der Waals surface area (Å²) in [5.74, 6) is 0.554. The fourth-order valence-corrected chi connectivity index (χ4v) is 4.16. The summed E-state index contributed by atoms with van der Waals surface area (Å²) in [6.07, 6.45) is 4.59. The first-order valence-corrected chi connectivity index (χ1v) is 10.2. The molecule has 0 unspecified atom stereocenters. The van der Waals surface area contributed by atoms with Crippen LogP contribution in [-0.2, 0) is 26.6 Å². The number of rotatable bonds is 4. The van der Waals surface area contributed by atoms with Crippen molar-refractivity contribution in [3.8, 4) is 11.4 Å². The van der Waals surface area contributed by atoms with E-state index in [4.69, 9.17) is 4.74 Å². The zero-order valence-corrected chi connectivity index (χ0v) is 17.2. The van der Waals surface area contributed by atoms with E-state index in [0.29, 0.717) is 12.4 Å². The molecule has 0 fully saturated rings. The lowest BCUT2D eigenvalue weighted by Gasteiger charge is -2.14. The average Bonchev–Trinajstić information content (AvgIpc) is 3.05. The zero-order valence-electron chi connectivity index (χ0n) is 17.2. The first kappa shape index (κ1) is 20.9. The number of benzene rings is 1. The van der Waals surface area contributed by atoms with Gasteiger partial charge in [-0.2, -0.15) is 0 Å². The Balaban J connectivity index is 0.00000231. The Morgan fingerprint density at radius 2 is 2.03 bits per heavy atom. The van der Waals surface area contributed by atoms with Gasteiger partial charge in [-0.25, -0.2) is 0 Å². The molecule has 4 aromatic rings. The Kier molecular flexibility index (Phi) is 5.65. The molecule has 0 amide bonds. The van der Waals surface area contributed by atoms with Crippen LogP contribution in [0.4, 0.5) is 0 Å². The fraction of sp³-hybridized carbons (Fsp3) is 0.280. The lowest BCUT2D eigenvalue weighted by Crippen LogP contribution is -2.24. The Labute approximate surface area is 182 Å². The Morgan fingerprint density at radius 1 is 1.16 bits per heavy atom. The van der Waals surface area contributed by atoms with E-state index >= 15 is 0 Å². The van der Waals surface area contributed by atoms with E-state index in [1.54, 1.807) is 17.0 Å². The fourth-order valence-electron chi connectivity index (χ4n) is 4.16. The third-order valence-electron chi connectivity index (χ3n) is 5.81. The molecule has 160 valence electrons. The van der Waals surface area contributed by atoms with Crippen molar-refractivity contribution in [2.24, 2.45) is 7.05 Å². The van der Waals surface area contributed by atoms with Gasteiger partial charge in [-0.1, -0.05) is 19.6 Å². The third kappa shape index (κ3) is 3.86. The van der Waals surface area contributed by atoms with Gasteiger partial charge in [-0.3, -0.25) is 14.3 Å². The van der Waals surface area contributed by atoms with Crippen molar-refractivity contribution < 1.29 is 4.74 Å². The largest absolute Gasteiger partial charge is 0.489 e. The number of ether oxygens (including phenoxy) is 1. The molecule has 1 N–H and O–H groups in total. The molecule has 3 aromatic heterocycles. The van der Waals surface area contributed by atoms with Crippen molar-refractivity contribution >= 4 is 10.9 Å². The van der Waals surface area contributed by atoms with Gasteiger partial charge in [0.2, 0.25) is 0 Å². The Bertz CT molecular complexity index is 1290. The summed E-state index contributed by atoms with van der Waals surface area (Å²) in [7, 11) is 2.11. The maximum atomic E-state index is 12.8. The second-order valence-electron chi connectivity index (χ2n) is 7.78. The van der Waals surface area contributed by atoms with Crippen LogP contribution < -0.4 is 15.6 Å². The van der Waals surface area contributed by atoms with Crippen LogP contribution in [0, 0.1) is 6.92 Å². The minimum absolute atomic E-state index is 0. The summed E-state index contributed by atoms with van der Waals surface area (Å²) in [6, 6.07) is 13.5. The molecule has 6 heteroatoms. The summed E-state index contributed by atoms with van der Waals surface area (Å²) in [6.45, 7) is 4.23. The minimum Gasteiger partial charge on any atom is -0.489 e. The number of aryl methyl sites for hydroxylation is 2. The molecule has 5 rings (SSSR count). The highest BCUT2D eigenvalue weighted by molar-refractivity contribution is 5.87. The SMILES string of the molecule is C.Cc1ccc(COc2ccn(-c3ccc4c5c(n(C)c4c3)CCNC5)c(=O)c2)cn1. The van der Waals surface area contributed by atoms with E-state index in [1.165, 1.54) is 22.7 Å². The van der Waals surface area contributed by atoms with Crippen LogP contribution in [-0.4, -0.2) is 20.7 Å².